The van der Waals surface area contributed by atoms with Crippen molar-refractivity contribution in [3.8, 4) is 5.75 Å². The first-order chi connectivity index (χ1) is 11.8. The Kier molecular flexibility index (Phi) is 8.01. The van der Waals surface area contributed by atoms with E-state index in [1.165, 1.54) is 0 Å². The lowest BCUT2D eigenvalue weighted by Crippen LogP contribution is -2.20. The number of hydrogen-bond donors (Lipinski definition) is 0. The zero-order chi connectivity index (χ0) is 17.0. The Balaban J connectivity index is 1.78. The van der Waals surface area contributed by atoms with Gasteiger partial charge in [0.2, 0.25) is 0 Å². The van der Waals surface area contributed by atoms with Crippen LogP contribution in [0, 0.1) is 0 Å². The molecule has 0 N–H and O–H groups in total. The van der Waals surface area contributed by atoms with Gasteiger partial charge in [-0.05, 0) is 29.7 Å². The molecule has 2 aromatic rings. The summed E-state index contributed by atoms with van der Waals surface area (Å²) in [5.41, 5.74) is 2.19. The zero-order valence-corrected chi connectivity index (χ0v) is 14.0. The molecule has 128 valence electrons. The lowest BCUT2D eigenvalue weighted by molar-refractivity contribution is -0.109. The molecule has 0 aliphatic carbocycles. The highest BCUT2D eigenvalue weighted by atomic mass is 16.5. The molecule has 0 saturated heterocycles. The van der Waals surface area contributed by atoms with Gasteiger partial charge in [0.05, 0.1) is 33.0 Å². The van der Waals surface area contributed by atoms with Gasteiger partial charge < -0.3 is 19.0 Å². The van der Waals surface area contributed by atoms with Crippen LogP contribution in [-0.2, 0) is 27.5 Å². The molecule has 4 nitrogen and oxygen atoms in total. The molecule has 0 aliphatic heterocycles. The van der Waals surface area contributed by atoms with Gasteiger partial charge in [0.1, 0.15) is 12.0 Å². The molecule has 24 heavy (non-hydrogen) atoms. The van der Waals surface area contributed by atoms with Crippen LogP contribution in [0.2, 0.25) is 0 Å². The second kappa shape index (κ2) is 10.6. The molecule has 0 heterocycles. The summed E-state index contributed by atoms with van der Waals surface area (Å²) in [6.45, 7) is 1.50. The molecule has 0 radical (unpaired) electrons. The largest absolute Gasteiger partial charge is 0.497 e. The van der Waals surface area contributed by atoms with Crippen molar-refractivity contribution in [1.82, 2.24) is 0 Å². The van der Waals surface area contributed by atoms with Crippen molar-refractivity contribution in [3.05, 3.63) is 65.7 Å². The maximum absolute atomic E-state index is 10.6. The Labute approximate surface area is 143 Å². The van der Waals surface area contributed by atoms with Crippen LogP contribution in [0.25, 0.3) is 0 Å². The summed E-state index contributed by atoms with van der Waals surface area (Å²) >= 11 is 0. The van der Waals surface area contributed by atoms with Crippen molar-refractivity contribution in [2.75, 3.05) is 13.7 Å². The van der Waals surface area contributed by atoms with Crippen LogP contribution in [0.1, 0.15) is 24.0 Å². The van der Waals surface area contributed by atoms with Crippen molar-refractivity contribution in [1.29, 1.82) is 0 Å². The fourth-order valence-corrected chi connectivity index (χ4v) is 2.29. The van der Waals surface area contributed by atoms with E-state index in [0.29, 0.717) is 32.7 Å². The summed E-state index contributed by atoms with van der Waals surface area (Å²) in [5.74, 6) is 0.828. The van der Waals surface area contributed by atoms with Crippen LogP contribution in [0.4, 0.5) is 0 Å². The van der Waals surface area contributed by atoms with E-state index in [4.69, 9.17) is 14.2 Å². The smallest absolute Gasteiger partial charge is 0.120 e. The fourth-order valence-electron chi connectivity index (χ4n) is 2.29. The van der Waals surface area contributed by atoms with Crippen LogP contribution in [0.15, 0.2) is 54.6 Å². The number of carbonyl (C=O) groups excluding carboxylic acids is 1. The Hall–Kier alpha value is -2.17. The molecule has 0 aliphatic rings. The first-order valence-electron chi connectivity index (χ1n) is 8.11. The molecule has 0 aromatic heterocycles. The number of carbonyl (C=O) groups is 1. The predicted molar refractivity (Wildman–Crippen MR) is 93.0 cm³/mol. The van der Waals surface area contributed by atoms with Gasteiger partial charge in [0, 0.05) is 6.42 Å². The minimum Gasteiger partial charge on any atom is -0.497 e. The van der Waals surface area contributed by atoms with Crippen LogP contribution < -0.4 is 4.74 Å². The van der Waals surface area contributed by atoms with Gasteiger partial charge in [0.25, 0.3) is 0 Å². The van der Waals surface area contributed by atoms with Crippen molar-refractivity contribution >= 4 is 6.29 Å². The molecule has 0 fully saturated rings. The monoisotopic (exact) mass is 328 g/mol. The van der Waals surface area contributed by atoms with Gasteiger partial charge in [-0.3, -0.25) is 0 Å². The van der Waals surface area contributed by atoms with Crippen LogP contribution in [0.5, 0.6) is 5.75 Å². The molecule has 0 spiro atoms. The Bertz CT molecular complexity index is 580. The second-order valence-corrected chi connectivity index (χ2v) is 5.53. The van der Waals surface area contributed by atoms with E-state index < -0.39 is 0 Å². The number of rotatable bonds is 11. The molecule has 0 bridgehead atoms. The molecule has 4 heteroatoms. The molecule has 0 amide bonds. The summed E-state index contributed by atoms with van der Waals surface area (Å²) in [7, 11) is 1.65. The van der Waals surface area contributed by atoms with E-state index in [1.54, 1.807) is 7.11 Å². The van der Waals surface area contributed by atoms with E-state index in [9.17, 15) is 4.79 Å². The maximum Gasteiger partial charge on any atom is 0.120 e. The third-order valence-electron chi connectivity index (χ3n) is 3.67. The first kappa shape index (κ1) is 18.2. The number of benzene rings is 2. The van der Waals surface area contributed by atoms with E-state index in [1.807, 2.05) is 54.6 Å². The van der Waals surface area contributed by atoms with Gasteiger partial charge in [-0.15, -0.1) is 0 Å². The highest BCUT2D eigenvalue weighted by Gasteiger charge is 2.10. The molecular weight excluding hydrogens is 304 g/mol. The first-order valence-corrected chi connectivity index (χ1v) is 8.11. The number of ether oxygens (including phenoxy) is 3. The topological polar surface area (TPSA) is 44.8 Å². The van der Waals surface area contributed by atoms with Crippen molar-refractivity contribution in [2.24, 2.45) is 0 Å². The normalized spacial score (nSPS) is 11.9. The molecular formula is C20H24O4. The number of aldehydes is 1. The van der Waals surface area contributed by atoms with Crippen LogP contribution >= 0.6 is 0 Å². The van der Waals surface area contributed by atoms with Crippen molar-refractivity contribution in [2.45, 2.75) is 32.2 Å². The molecule has 0 saturated carbocycles. The molecule has 0 unspecified atom stereocenters. The van der Waals surface area contributed by atoms with E-state index in [0.717, 1.165) is 23.2 Å². The van der Waals surface area contributed by atoms with Gasteiger partial charge in [-0.25, -0.2) is 0 Å². The Morgan fingerprint density at radius 2 is 1.67 bits per heavy atom. The predicted octanol–water partition coefficient (Wildman–Crippen LogP) is 3.78. The van der Waals surface area contributed by atoms with Crippen LogP contribution in [-0.4, -0.2) is 26.1 Å². The Morgan fingerprint density at radius 3 is 2.33 bits per heavy atom. The quantitative estimate of drug-likeness (QED) is 0.589. The van der Waals surface area contributed by atoms with E-state index in [2.05, 4.69) is 0 Å². The van der Waals surface area contributed by atoms with Gasteiger partial charge in [-0.2, -0.15) is 0 Å². The zero-order valence-electron chi connectivity index (χ0n) is 14.0. The average molecular weight is 328 g/mol. The number of hydrogen-bond acceptors (Lipinski definition) is 4. The highest BCUT2D eigenvalue weighted by Crippen LogP contribution is 2.13. The van der Waals surface area contributed by atoms with E-state index in [-0.39, 0.29) is 6.10 Å². The van der Waals surface area contributed by atoms with Crippen LogP contribution in [0.3, 0.4) is 0 Å². The third kappa shape index (κ3) is 6.52. The van der Waals surface area contributed by atoms with Crippen molar-refractivity contribution in [3.63, 3.8) is 0 Å². The Morgan fingerprint density at radius 1 is 0.958 bits per heavy atom. The van der Waals surface area contributed by atoms with Gasteiger partial charge in [-0.1, -0.05) is 42.5 Å². The SMILES string of the molecule is COc1ccc(COC[C@@H](CCC=O)OCc2ccccc2)cc1. The molecule has 1 atom stereocenters. The average Bonchev–Trinajstić information content (AvgIpc) is 2.65. The third-order valence-corrected chi connectivity index (χ3v) is 3.67. The minimum atomic E-state index is -0.0892. The second-order valence-electron chi connectivity index (χ2n) is 5.53. The highest BCUT2D eigenvalue weighted by molar-refractivity contribution is 5.49. The van der Waals surface area contributed by atoms with Gasteiger partial charge in [0.15, 0.2) is 0 Å². The molecule has 2 rings (SSSR count). The summed E-state index contributed by atoms with van der Waals surface area (Å²) < 4.78 is 16.8. The fraction of sp³-hybridized carbons (Fsp3) is 0.350. The molecule has 2 aromatic carbocycles. The summed E-state index contributed by atoms with van der Waals surface area (Å²) in [6.07, 6.45) is 1.97. The van der Waals surface area contributed by atoms with Crippen molar-refractivity contribution < 1.29 is 19.0 Å². The maximum atomic E-state index is 10.6. The lowest BCUT2D eigenvalue weighted by atomic mass is 10.2. The lowest BCUT2D eigenvalue weighted by Gasteiger charge is -2.17. The minimum absolute atomic E-state index is 0.0892. The summed E-state index contributed by atoms with van der Waals surface area (Å²) in [6, 6.07) is 17.8. The standard InChI is InChI=1S/C20H24O4/c1-22-19-11-9-18(10-12-19)14-23-16-20(8-5-13-21)24-15-17-6-3-2-4-7-17/h2-4,6-7,9-13,20H,5,8,14-16H2,1H3/t20-/m1/s1. The summed E-state index contributed by atoms with van der Waals surface area (Å²) in [4.78, 5) is 10.6. The van der Waals surface area contributed by atoms with E-state index >= 15 is 0 Å². The number of methoxy groups -OCH3 is 1. The summed E-state index contributed by atoms with van der Waals surface area (Å²) in [5, 5.41) is 0. The van der Waals surface area contributed by atoms with Gasteiger partial charge >= 0.3 is 0 Å².